The van der Waals surface area contributed by atoms with Gasteiger partial charge in [0.15, 0.2) is 5.82 Å². The molecule has 0 bridgehead atoms. The van der Waals surface area contributed by atoms with Crippen LogP contribution >= 0.6 is 15.9 Å². The molecule has 0 atom stereocenters. The lowest BCUT2D eigenvalue weighted by molar-refractivity contribution is 0.599. The highest BCUT2D eigenvalue weighted by Crippen LogP contribution is 2.24. The normalized spacial score (nSPS) is 11.3. The van der Waals surface area contributed by atoms with E-state index in [1.807, 2.05) is 0 Å². The molecule has 19 heavy (non-hydrogen) atoms. The van der Waals surface area contributed by atoms with Crippen LogP contribution in [0.2, 0.25) is 0 Å². The van der Waals surface area contributed by atoms with Crippen molar-refractivity contribution in [2.75, 3.05) is 10.5 Å². The van der Waals surface area contributed by atoms with Gasteiger partial charge in [0.25, 0.3) is 10.0 Å². The molecule has 0 aliphatic heterocycles. The molecule has 3 N–H and O–H groups in total. The maximum absolute atomic E-state index is 12.8. The summed E-state index contributed by atoms with van der Waals surface area (Å²) in [5.41, 5.74) is 5.91. The molecule has 2 aromatic rings. The second-order valence-corrected chi connectivity index (χ2v) is 6.20. The lowest BCUT2D eigenvalue weighted by Crippen LogP contribution is -2.14. The standard InChI is InChI=1S/C11H9BrFN3O2S/c12-10-5-8(14)6-15-11(10)16-19(17,18)9-3-1-7(13)2-4-9/h1-6H,14H2,(H,15,16). The van der Waals surface area contributed by atoms with Gasteiger partial charge < -0.3 is 5.73 Å². The van der Waals surface area contributed by atoms with Gasteiger partial charge in [0, 0.05) is 0 Å². The number of halogens is 2. The van der Waals surface area contributed by atoms with Gasteiger partial charge in [0.1, 0.15) is 5.82 Å². The van der Waals surface area contributed by atoms with E-state index in [-0.39, 0.29) is 10.7 Å². The maximum Gasteiger partial charge on any atom is 0.263 e. The Bertz CT molecular complexity index is 704. The van der Waals surface area contributed by atoms with Gasteiger partial charge in [-0.3, -0.25) is 4.72 Å². The third-order valence-corrected chi connectivity index (χ3v) is 4.18. The molecule has 0 radical (unpaired) electrons. The van der Waals surface area contributed by atoms with E-state index in [0.29, 0.717) is 10.2 Å². The highest BCUT2D eigenvalue weighted by atomic mass is 79.9. The number of anilines is 2. The second kappa shape index (κ2) is 5.14. The Hall–Kier alpha value is -1.67. The Balaban J connectivity index is 2.33. The fourth-order valence-electron chi connectivity index (χ4n) is 1.33. The minimum Gasteiger partial charge on any atom is -0.397 e. The van der Waals surface area contributed by atoms with Gasteiger partial charge >= 0.3 is 0 Å². The average molecular weight is 346 g/mol. The first kappa shape index (κ1) is 13.8. The first-order valence-electron chi connectivity index (χ1n) is 5.08. The zero-order chi connectivity index (χ0) is 14.0. The Labute approximate surface area is 117 Å². The number of rotatable bonds is 3. The van der Waals surface area contributed by atoms with Crippen LogP contribution in [0.4, 0.5) is 15.9 Å². The molecule has 1 heterocycles. The smallest absolute Gasteiger partial charge is 0.263 e. The second-order valence-electron chi connectivity index (χ2n) is 3.66. The molecular weight excluding hydrogens is 337 g/mol. The molecule has 0 saturated heterocycles. The van der Waals surface area contributed by atoms with Crippen molar-refractivity contribution >= 4 is 37.5 Å². The quantitative estimate of drug-likeness (QED) is 0.894. The predicted octanol–water partition coefficient (Wildman–Crippen LogP) is 2.37. The molecule has 100 valence electrons. The summed E-state index contributed by atoms with van der Waals surface area (Å²) in [6.07, 6.45) is 1.33. The molecule has 0 amide bonds. The van der Waals surface area contributed by atoms with Crippen LogP contribution in [0.1, 0.15) is 0 Å². The van der Waals surface area contributed by atoms with E-state index in [2.05, 4.69) is 25.6 Å². The van der Waals surface area contributed by atoms with Crippen molar-refractivity contribution in [2.45, 2.75) is 4.90 Å². The number of nitrogens with two attached hydrogens (primary N) is 1. The van der Waals surface area contributed by atoms with E-state index in [9.17, 15) is 12.8 Å². The molecule has 5 nitrogen and oxygen atoms in total. The Kier molecular flexibility index (Phi) is 3.72. The summed E-state index contributed by atoms with van der Waals surface area (Å²) >= 11 is 3.15. The SMILES string of the molecule is Nc1cnc(NS(=O)(=O)c2ccc(F)cc2)c(Br)c1. The fourth-order valence-corrected chi connectivity index (χ4v) is 2.95. The van der Waals surface area contributed by atoms with Gasteiger partial charge in [-0.25, -0.2) is 17.8 Å². The van der Waals surface area contributed by atoms with Crippen molar-refractivity contribution < 1.29 is 12.8 Å². The van der Waals surface area contributed by atoms with E-state index >= 15 is 0 Å². The summed E-state index contributed by atoms with van der Waals surface area (Å²) in [5.74, 6) is -0.399. The molecule has 8 heteroatoms. The zero-order valence-corrected chi connectivity index (χ0v) is 11.9. The van der Waals surface area contributed by atoms with Crippen molar-refractivity contribution in [1.82, 2.24) is 4.98 Å². The first-order chi connectivity index (χ1) is 8.88. The number of pyridine rings is 1. The van der Waals surface area contributed by atoms with Crippen LogP contribution in [-0.4, -0.2) is 13.4 Å². The largest absolute Gasteiger partial charge is 0.397 e. The van der Waals surface area contributed by atoms with Gasteiger partial charge in [0.2, 0.25) is 0 Å². The van der Waals surface area contributed by atoms with Crippen LogP contribution in [0, 0.1) is 5.82 Å². The zero-order valence-electron chi connectivity index (χ0n) is 9.47. The Morgan fingerprint density at radius 1 is 1.26 bits per heavy atom. The van der Waals surface area contributed by atoms with Crippen LogP contribution in [0.25, 0.3) is 0 Å². The minimum atomic E-state index is -3.82. The molecule has 0 aliphatic carbocycles. The van der Waals surface area contributed by atoms with Crippen LogP contribution in [0.3, 0.4) is 0 Å². The minimum absolute atomic E-state index is 0.0561. The molecular formula is C11H9BrFN3O2S. The van der Waals surface area contributed by atoms with E-state index < -0.39 is 15.8 Å². The van der Waals surface area contributed by atoms with E-state index in [4.69, 9.17) is 5.73 Å². The predicted molar refractivity (Wildman–Crippen MR) is 73.6 cm³/mol. The summed E-state index contributed by atoms with van der Waals surface area (Å²) < 4.78 is 39.5. The number of nitrogens with zero attached hydrogens (tertiary/aromatic N) is 1. The van der Waals surface area contributed by atoms with Crippen molar-refractivity contribution in [2.24, 2.45) is 0 Å². The molecule has 2 rings (SSSR count). The highest BCUT2D eigenvalue weighted by molar-refractivity contribution is 9.10. The average Bonchev–Trinajstić information content (AvgIpc) is 2.33. The van der Waals surface area contributed by atoms with Crippen LogP contribution in [0.15, 0.2) is 45.9 Å². The lowest BCUT2D eigenvalue weighted by Gasteiger charge is -2.09. The molecule has 1 aromatic heterocycles. The third-order valence-electron chi connectivity index (χ3n) is 2.22. The summed E-state index contributed by atoms with van der Waals surface area (Å²) in [5, 5.41) is 0. The number of nitrogen functional groups attached to an aromatic ring is 1. The van der Waals surface area contributed by atoms with E-state index in [1.165, 1.54) is 24.4 Å². The Morgan fingerprint density at radius 3 is 2.47 bits per heavy atom. The fraction of sp³-hybridized carbons (Fsp3) is 0. The van der Waals surface area contributed by atoms with E-state index in [0.717, 1.165) is 12.1 Å². The molecule has 0 spiro atoms. The van der Waals surface area contributed by atoms with Gasteiger partial charge in [-0.1, -0.05) is 0 Å². The van der Waals surface area contributed by atoms with Crippen LogP contribution in [-0.2, 0) is 10.0 Å². The van der Waals surface area contributed by atoms with Crippen molar-refractivity contribution in [3.8, 4) is 0 Å². The lowest BCUT2D eigenvalue weighted by atomic mass is 10.4. The summed E-state index contributed by atoms with van der Waals surface area (Å²) in [6.45, 7) is 0. The van der Waals surface area contributed by atoms with Gasteiger partial charge in [-0.2, -0.15) is 0 Å². The van der Waals surface area contributed by atoms with Crippen molar-refractivity contribution in [1.29, 1.82) is 0 Å². The van der Waals surface area contributed by atoms with Gasteiger partial charge in [-0.05, 0) is 46.3 Å². The topological polar surface area (TPSA) is 85.1 Å². The monoisotopic (exact) mass is 345 g/mol. The van der Waals surface area contributed by atoms with Crippen LogP contribution < -0.4 is 10.5 Å². The number of nitrogens with one attached hydrogen (secondary N) is 1. The summed E-state index contributed by atoms with van der Waals surface area (Å²) in [6, 6.07) is 6.00. The maximum atomic E-state index is 12.8. The number of sulfonamides is 1. The summed E-state index contributed by atoms with van der Waals surface area (Å²) in [4.78, 5) is 3.81. The third kappa shape index (κ3) is 3.21. The molecule has 1 aromatic carbocycles. The van der Waals surface area contributed by atoms with Gasteiger partial charge in [0.05, 0.1) is 21.3 Å². The number of hydrogen-bond acceptors (Lipinski definition) is 4. The van der Waals surface area contributed by atoms with Crippen molar-refractivity contribution in [3.05, 3.63) is 46.8 Å². The summed E-state index contributed by atoms with van der Waals surface area (Å²) in [7, 11) is -3.82. The van der Waals surface area contributed by atoms with E-state index in [1.54, 1.807) is 0 Å². The first-order valence-corrected chi connectivity index (χ1v) is 7.35. The molecule has 0 aliphatic rings. The molecule has 0 fully saturated rings. The van der Waals surface area contributed by atoms with Crippen LogP contribution in [0.5, 0.6) is 0 Å². The number of aromatic nitrogens is 1. The number of hydrogen-bond donors (Lipinski definition) is 2. The highest BCUT2D eigenvalue weighted by Gasteiger charge is 2.16. The van der Waals surface area contributed by atoms with Gasteiger partial charge in [-0.15, -0.1) is 0 Å². The Morgan fingerprint density at radius 2 is 1.89 bits per heavy atom. The number of benzene rings is 1. The van der Waals surface area contributed by atoms with Crippen molar-refractivity contribution in [3.63, 3.8) is 0 Å². The molecule has 0 unspecified atom stereocenters. The molecule has 0 saturated carbocycles.